The second kappa shape index (κ2) is 6.82. The van der Waals surface area contributed by atoms with Crippen molar-refractivity contribution in [1.29, 1.82) is 0 Å². The molecule has 2 atom stereocenters. The second-order valence-corrected chi connectivity index (χ2v) is 2.92. The fourth-order valence-electron chi connectivity index (χ4n) is 0.953. The van der Waals surface area contributed by atoms with Crippen molar-refractivity contribution >= 4 is 5.91 Å². The molecule has 0 saturated carbocycles. The Labute approximate surface area is 78.2 Å². The molecule has 4 N–H and O–H groups in total. The van der Waals surface area contributed by atoms with Crippen LogP contribution in [-0.4, -0.2) is 30.3 Å². The number of rotatable bonds is 6. The average Bonchev–Trinajstić information content (AvgIpc) is 2.13. The van der Waals surface area contributed by atoms with Gasteiger partial charge in [0.05, 0.1) is 7.11 Å². The minimum Gasteiger partial charge on any atom is -0.382 e. The van der Waals surface area contributed by atoms with Crippen LogP contribution in [0.3, 0.4) is 0 Å². The van der Waals surface area contributed by atoms with Gasteiger partial charge in [0.15, 0.2) is 0 Å². The van der Waals surface area contributed by atoms with Crippen LogP contribution in [0.2, 0.25) is 0 Å². The monoisotopic (exact) mass is 190 g/mol. The Bertz CT molecular complexity index is 152. The summed E-state index contributed by atoms with van der Waals surface area (Å²) in [5.41, 5.74) is 7.60. The van der Waals surface area contributed by atoms with Crippen molar-refractivity contribution in [3.05, 3.63) is 0 Å². The fraction of sp³-hybridized carbons (Fsp3) is 0.875. The quantitative estimate of drug-likeness (QED) is 0.495. The second-order valence-electron chi connectivity index (χ2n) is 2.92. The lowest BCUT2D eigenvalue weighted by Crippen LogP contribution is -2.46. The van der Waals surface area contributed by atoms with Gasteiger partial charge in [0.2, 0.25) is 0 Å². The molecule has 0 heterocycles. The van der Waals surface area contributed by atoms with Crippen molar-refractivity contribution < 1.29 is 14.7 Å². The van der Waals surface area contributed by atoms with Crippen LogP contribution >= 0.6 is 0 Å². The molecular weight excluding hydrogens is 172 g/mol. The summed E-state index contributed by atoms with van der Waals surface area (Å²) in [5.74, 6) is -0.592. The Morgan fingerprint density at radius 1 is 1.69 bits per heavy atom. The molecule has 0 radical (unpaired) electrons. The Kier molecular flexibility index (Phi) is 6.48. The number of aliphatic hydroxyl groups excluding tert-OH is 1. The highest BCUT2D eigenvalue weighted by molar-refractivity contribution is 5.80. The Hall–Kier alpha value is -0.650. The molecule has 0 aliphatic heterocycles. The van der Waals surface area contributed by atoms with E-state index in [1.165, 1.54) is 7.11 Å². The Morgan fingerprint density at radius 2 is 2.31 bits per heavy atom. The number of amides is 1. The lowest BCUT2D eigenvalue weighted by molar-refractivity contribution is -0.141. The summed E-state index contributed by atoms with van der Waals surface area (Å²) in [6, 6.07) is -0.518. The zero-order chi connectivity index (χ0) is 10.3. The molecular formula is C8H18N2O3. The van der Waals surface area contributed by atoms with Gasteiger partial charge in [-0.3, -0.25) is 9.63 Å². The van der Waals surface area contributed by atoms with Gasteiger partial charge < -0.3 is 10.8 Å². The van der Waals surface area contributed by atoms with Crippen molar-refractivity contribution in [2.45, 2.75) is 38.3 Å². The average molecular weight is 190 g/mol. The standard InChI is InChI=1S/C8H18N2O3/c1-3-4-5-6(9)7(11)8(12)10-13-2/h6-7,11H,3-5,9H2,1-2H3,(H,10,12). The molecule has 0 aromatic rings. The van der Waals surface area contributed by atoms with E-state index >= 15 is 0 Å². The number of hydrogen-bond acceptors (Lipinski definition) is 4. The minimum atomic E-state index is -1.19. The highest BCUT2D eigenvalue weighted by Crippen LogP contribution is 2.02. The van der Waals surface area contributed by atoms with E-state index in [9.17, 15) is 9.90 Å². The van der Waals surface area contributed by atoms with E-state index in [-0.39, 0.29) is 0 Å². The third kappa shape index (κ3) is 4.82. The largest absolute Gasteiger partial charge is 0.382 e. The van der Waals surface area contributed by atoms with Crippen LogP contribution in [0.1, 0.15) is 26.2 Å². The van der Waals surface area contributed by atoms with Gasteiger partial charge in [0.25, 0.3) is 5.91 Å². The van der Waals surface area contributed by atoms with Crippen LogP contribution < -0.4 is 11.2 Å². The molecule has 0 aliphatic carbocycles. The van der Waals surface area contributed by atoms with Gasteiger partial charge in [0.1, 0.15) is 6.10 Å². The molecule has 0 rings (SSSR count). The maximum Gasteiger partial charge on any atom is 0.273 e. The van der Waals surface area contributed by atoms with Gasteiger partial charge in [0, 0.05) is 6.04 Å². The first-order valence-electron chi connectivity index (χ1n) is 4.40. The van der Waals surface area contributed by atoms with E-state index in [1.807, 2.05) is 12.4 Å². The Balaban J connectivity index is 3.79. The molecule has 5 nitrogen and oxygen atoms in total. The molecule has 78 valence electrons. The van der Waals surface area contributed by atoms with Crippen molar-refractivity contribution in [3.63, 3.8) is 0 Å². The molecule has 2 unspecified atom stereocenters. The van der Waals surface area contributed by atoms with E-state index in [4.69, 9.17) is 5.73 Å². The van der Waals surface area contributed by atoms with Gasteiger partial charge in [-0.05, 0) is 6.42 Å². The van der Waals surface area contributed by atoms with Gasteiger partial charge >= 0.3 is 0 Å². The van der Waals surface area contributed by atoms with Crippen molar-refractivity contribution in [1.82, 2.24) is 5.48 Å². The molecule has 1 amide bonds. The van der Waals surface area contributed by atoms with E-state index in [0.29, 0.717) is 6.42 Å². The molecule has 0 bridgehead atoms. The van der Waals surface area contributed by atoms with E-state index in [1.54, 1.807) is 0 Å². The summed E-state index contributed by atoms with van der Waals surface area (Å²) in [6.07, 6.45) is 1.34. The number of nitrogens with two attached hydrogens (primary N) is 1. The summed E-state index contributed by atoms with van der Waals surface area (Å²) in [7, 11) is 1.31. The summed E-state index contributed by atoms with van der Waals surface area (Å²) in [6.45, 7) is 2.02. The summed E-state index contributed by atoms with van der Waals surface area (Å²) >= 11 is 0. The SMILES string of the molecule is CCCCC(N)C(O)C(=O)NOC. The normalized spacial score (nSPS) is 15.1. The number of hydrogen-bond donors (Lipinski definition) is 3. The van der Waals surface area contributed by atoms with Crippen molar-refractivity contribution in [2.75, 3.05) is 7.11 Å². The van der Waals surface area contributed by atoms with Crippen LogP contribution in [0.5, 0.6) is 0 Å². The summed E-state index contributed by atoms with van der Waals surface area (Å²) in [4.78, 5) is 15.3. The van der Waals surface area contributed by atoms with Gasteiger partial charge in [-0.25, -0.2) is 5.48 Å². The molecule has 0 fully saturated rings. The Morgan fingerprint density at radius 3 is 2.77 bits per heavy atom. The predicted octanol–water partition coefficient (Wildman–Crippen LogP) is -0.458. The lowest BCUT2D eigenvalue weighted by Gasteiger charge is -2.16. The van der Waals surface area contributed by atoms with Crippen molar-refractivity contribution in [3.8, 4) is 0 Å². The highest BCUT2D eigenvalue weighted by Gasteiger charge is 2.21. The fourth-order valence-corrected chi connectivity index (χ4v) is 0.953. The van der Waals surface area contributed by atoms with Gasteiger partial charge in [-0.15, -0.1) is 0 Å². The van der Waals surface area contributed by atoms with Crippen molar-refractivity contribution in [2.24, 2.45) is 5.73 Å². The lowest BCUT2D eigenvalue weighted by atomic mass is 10.1. The first-order chi connectivity index (χ1) is 6.13. The maximum absolute atomic E-state index is 11.0. The molecule has 0 spiro atoms. The van der Waals surface area contributed by atoms with Gasteiger partial charge in [-0.1, -0.05) is 19.8 Å². The van der Waals surface area contributed by atoms with Crippen LogP contribution in [0, 0.1) is 0 Å². The number of nitrogens with one attached hydrogen (secondary N) is 1. The zero-order valence-corrected chi connectivity index (χ0v) is 8.12. The van der Waals surface area contributed by atoms with E-state index in [0.717, 1.165) is 12.8 Å². The van der Waals surface area contributed by atoms with E-state index < -0.39 is 18.1 Å². The molecule has 5 heteroatoms. The topological polar surface area (TPSA) is 84.6 Å². The van der Waals surface area contributed by atoms with Crippen LogP contribution in [0.25, 0.3) is 0 Å². The summed E-state index contributed by atoms with van der Waals surface area (Å²) in [5, 5.41) is 9.33. The first kappa shape index (κ1) is 12.3. The van der Waals surface area contributed by atoms with Crippen LogP contribution in [0.4, 0.5) is 0 Å². The predicted molar refractivity (Wildman–Crippen MR) is 48.7 cm³/mol. The summed E-state index contributed by atoms with van der Waals surface area (Å²) < 4.78 is 0. The number of carbonyl (C=O) groups excluding carboxylic acids is 1. The molecule has 0 aromatic heterocycles. The third-order valence-electron chi connectivity index (χ3n) is 1.77. The molecule has 0 saturated heterocycles. The number of carbonyl (C=O) groups is 1. The number of aliphatic hydroxyl groups is 1. The zero-order valence-electron chi connectivity index (χ0n) is 8.12. The minimum absolute atomic E-state index is 0.518. The number of hydroxylamine groups is 1. The molecule has 13 heavy (non-hydrogen) atoms. The smallest absolute Gasteiger partial charge is 0.273 e. The highest BCUT2D eigenvalue weighted by atomic mass is 16.6. The van der Waals surface area contributed by atoms with Crippen LogP contribution in [0.15, 0.2) is 0 Å². The van der Waals surface area contributed by atoms with Gasteiger partial charge in [-0.2, -0.15) is 0 Å². The molecule has 0 aromatic carbocycles. The number of unbranched alkanes of at least 4 members (excludes halogenated alkanes) is 1. The maximum atomic E-state index is 11.0. The van der Waals surface area contributed by atoms with E-state index in [2.05, 4.69) is 4.84 Å². The third-order valence-corrected chi connectivity index (χ3v) is 1.77. The van der Waals surface area contributed by atoms with Crippen LogP contribution in [-0.2, 0) is 9.63 Å². The molecule has 0 aliphatic rings. The first-order valence-corrected chi connectivity index (χ1v) is 4.40.